The van der Waals surface area contributed by atoms with Crippen LogP contribution in [0.15, 0.2) is 65.9 Å². The Hall–Kier alpha value is -3.54. The second-order valence-electron chi connectivity index (χ2n) is 8.82. The zero-order valence-corrected chi connectivity index (χ0v) is 19.1. The van der Waals surface area contributed by atoms with Crippen molar-refractivity contribution >= 4 is 22.8 Å². The molecule has 2 aromatic carbocycles. The molecule has 0 bridgehead atoms. The van der Waals surface area contributed by atoms with Crippen LogP contribution in [0.1, 0.15) is 49.9 Å². The molecule has 0 saturated heterocycles. The molecule has 0 saturated carbocycles. The summed E-state index contributed by atoms with van der Waals surface area (Å²) in [7, 11) is 0. The number of aliphatic hydroxyl groups excluding tert-OH is 1. The Bertz CT molecular complexity index is 1190. The topological polar surface area (TPSA) is 88.6 Å². The summed E-state index contributed by atoms with van der Waals surface area (Å²) < 4.78 is 10.8. The average Bonchev–Trinajstić information content (AvgIpc) is 3.27. The summed E-state index contributed by atoms with van der Waals surface area (Å²) in [6, 6.07) is 17.5. The van der Waals surface area contributed by atoms with Crippen molar-refractivity contribution in [3.05, 3.63) is 82.8 Å². The van der Waals surface area contributed by atoms with Crippen LogP contribution in [0.5, 0.6) is 0 Å². The number of cyclic esters (lactones) is 1. The zero-order valence-electron chi connectivity index (χ0n) is 19.1. The highest BCUT2D eigenvalue weighted by Gasteiger charge is 2.41. The lowest BCUT2D eigenvalue weighted by Crippen LogP contribution is -2.15. The van der Waals surface area contributed by atoms with Crippen molar-refractivity contribution in [1.29, 1.82) is 0 Å². The van der Waals surface area contributed by atoms with Gasteiger partial charge >= 0.3 is 11.9 Å². The van der Waals surface area contributed by atoms with Crippen LogP contribution in [0.25, 0.3) is 10.9 Å². The minimum absolute atomic E-state index is 0.00727. The van der Waals surface area contributed by atoms with Crippen molar-refractivity contribution in [3.63, 3.8) is 0 Å². The Morgan fingerprint density at radius 1 is 1.12 bits per heavy atom. The van der Waals surface area contributed by atoms with Crippen molar-refractivity contribution in [2.24, 2.45) is 5.92 Å². The number of benzene rings is 2. The van der Waals surface area contributed by atoms with Gasteiger partial charge in [-0.05, 0) is 29.5 Å². The van der Waals surface area contributed by atoms with Crippen LogP contribution in [0.4, 0.5) is 0 Å². The van der Waals surface area contributed by atoms with Gasteiger partial charge in [-0.2, -0.15) is 0 Å². The number of H-pyrrole nitrogens is 1. The van der Waals surface area contributed by atoms with Crippen molar-refractivity contribution in [3.8, 4) is 0 Å². The molecule has 0 amide bonds. The quantitative estimate of drug-likeness (QED) is 0.464. The number of nitrogens with one attached hydrogen (secondary N) is 1. The number of carbonyl (C=O) groups is 2. The lowest BCUT2D eigenvalue weighted by atomic mass is 9.84. The second-order valence-corrected chi connectivity index (χ2v) is 8.82. The predicted molar refractivity (Wildman–Crippen MR) is 126 cm³/mol. The highest BCUT2D eigenvalue weighted by Crippen LogP contribution is 2.42. The van der Waals surface area contributed by atoms with E-state index in [1.165, 1.54) is 6.92 Å². The monoisotopic (exact) mass is 447 g/mol. The molecule has 172 valence electrons. The van der Waals surface area contributed by atoms with E-state index in [9.17, 15) is 14.7 Å². The van der Waals surface area contributed by atoms with E-state index in [2.05, 4.69) is 4.98 Å². The molecule has 6 heteroatoms. The summed E-state index contributed by atoms with van der Waals surface area (Å²) in [6.07, 6.45) is 0.377. The van der Waals surface area contributed by atoms with Crippen LogP contribution < -0.4 is 0 Å². The molecule has 2 N–H and O–H groups in total. The van der Waals surface area contributed by atoms with E-state index in [-0.39, 0.29) is 29.8 Å². The van der Waals surface area contributed by atoms with E-state index in [0.717, 1.165) is 27.7 Å². The molecule has 3 aromatic rings. The van der Waals surface area contributed by atoms with Gasteiger partial charge in [0.25, 0.3) is 0 Å². The molecule has 2 atom stereocenters. The number of para-hydroxylation sites is 1. The van der Waals surface area contributed by atoms with Gasteiger partial charge in [-0.1, -0.05) is 62.4 Å². The van der Waals surface area contributed by atoms with Gasteiger partial charge in [0.05, 0.1) is 18.1 Å². The maximum Gasteiger partial charge on any atom is 0.339 e. The number of aliphatic hydroxyl groups is 1. The van der Waals surface area contributed by atoms with Crippen molar-refractivity contribution < 1.29 is 24.2 Å². The Kier molecular flexibility index (Phi) is 6.54. The standard InChI is InChI=1S/C27H29NO5/c1-16(2)15-22-26(30)24(27(31)33-22)23(18-9-5-4-6-10-18)25-20(13-14-32-17(3)29)19-11-7-8-12-21(19)28-25/h4-12,16,22-23,28,30H,13-15H2,1-3H3. The zero-order chi connectivity index (χ0) is 23.5. The van der Waals surface area contributed by atoms with Crippen molar-refractivity contribution in [1.82, 2.24) is 4.98 Å². The summed E-state index contributed by atoms with van der Waals surface area (Å²) in [4.78, 5) is 27.9. The lowest BCUT2D eigenvalue weighted by molar-refractivity contribution is -0.141. The first-order valence-electron chi connectivity index (χ1n) is 11.3. The van der Waals surface area contributed by atoms with Crippen LogP contribution in [-0.4, -0.2) is 34.7 Å². The number of fused-ring (bicyclic) bond motifs is 1. The summed E-state index contributed by atoms with van der Waals surface area (Å²) in [5.74, 6) is -1.14. The molecule has 33 heavy (non-hydrogen) atoms. The molecule has 1 aliphatic heterocycles. The van der Waals surface area contributed by atoms with Crippen LogP contribution in [0.3, 0.4) is 0 Å². The molecule has 2 heterocycles. The largest absolute Gasteiger partial charge is 0.508 e. The molecule has 6 nitrogen and oxygen atoms in total. The fraction of sp³-hybridized carbons (Fsp3) is 0.333. The molecule has 0 fully saturated rings. The van der Waals surface area contributed by atoms with E-state index >= 15 is 0 Å². The highest BCUT2D eigenvalue weighted by molar-refractivity contribution is 5.95. The van der Waals surface area contributed by atoms with Gasteiger partial charge in [0.1, 0.15) is 5.76 Å². The number of rotatable bonds is 8. The van der Waals surface area contributed by atoms with E-state index < -0.39 is 18.0 Å². The number of esters is 2. The summed E-state index contributed by atoms with van der Waals surface area (Å²) in [5, 5.41) is 12.1. The third kappa shape index (κ3) is 4.65. The first-order valence-corrected chi connectivity index (χ1v) is 11.3. The van der Waals surface area contributed by atoms with Gasteiger partial charge in [0, 0.05) is 29.9 Å². The van der Waals surface area contributed by atoms with Crippen molar-refractivity contribution in [2.75, 3.05) is 6.61 Å². The Morgan fingerprint density at radius 3 is 2.52 bits per heavy atom. The van der Waals surface area contributed by atoms with Gasteiger partial charge in [-0.25, -0.2) is 4.79 Å². The number of hydrogen-bond acceptors (Lipinski definition) is 5. The Morgan fingerprint density at radius 2 is 1.82 bits per heavy atom. The fourth-order valence-corrected chi connectivity index (χ4v) is 4.54. The van der Waals surface area contributed by atoms with Gasteiger partial charge in [-0.15, -0.1) is 0 Å². The molecule has 2 unspecified atom stereocenters. The third-order valence-corrected chi connectivity index (χ3v) is 5.95. The average molecular weight is 448 g/mol. The van der Waals surface area contributed by atoms with Gasteiger partial charge in [0.2, 0.25) is 0 Å². The highest BCUT2D eigenvalue weighted by atomic mass is 16.6. The molecule has 0 spiro atoms. The minimum Gasteiger partial charge on any atom is -0.508 e. The van der Waals surface area contributed by atoms with Crippen molar-refractivity contribution in [2.45, 2.75) is 45.6 Å². The van der Waals surface area contributed by atoms with E-state index in [4.69, 9.17) is 9.47 Å². The summed E-state index contributed by atoms with van der Waals surface area (Å²) in [6.45, 7) is 5.66. The van der Waals surface area contributed by atoms with E-state index in [1.54, 1.807) is 0 Å². The molecule has 1 aliphatic rings. The second kappa shape index (κ2) is 9.53. The van der Waals surface area contributed by atoms with Crippen LogP contribution in [0, 0.1) is 5.92 Å². The van der Waals surface area contributed by atoms with Crippen LogP contribution in [-0.2, 0) is 25.5 Å². The first kappa shape index (κ1) is 22.6. The maximum absolute atomic E-state index is 13.1. The summed E-state index contributed by atoms with van der Waals surface area (Å²) >= 11 is 0. The number of ether oxygens (including phenoxy) is 2. The first-order chi connectivity index (χ1) is 15.9. The smallest absolute Gasteiger partial charge is 0.339 e. The minimum atomic E-state index is -0.646. The predicted octanol–water partition coefficient (Wildman–Crippen LogP) is 5.19. The molecule has 0 radical (unpaired) electrons. The van der Waals surface area contributed by atoms with Crippen LogP contribution in [0.2, 0.25) is 0 Å². The molecule has 1 aromatic heterocycles. The van der Waals surface area contributed by atoms with E-state index in [1.807, 2.05) is 68.4 Å². The lowest BCUT2D eigenvalue weighted by Gasteiger charge is -2.19. The summed E-state index contributed by atoms with van der Waals surface area (Å²) in [5.41, 5.74) is 3.77. The maximum atomic E-state index is 13.1. The molecular weight excluding hydrogens is 418 g/mol. The number of carbonyl (C=O) groups excluding carboxylic acids is 2. The molecule has 0 aliphatic carbocycles. The number of aromatic nitrogens is 1. The SMILES string of the molecule is CC(=O)OCCc1c(C(C2=C(O)C(CC(C)C)OC2=O)c2ccccc2)[nH]c2ccccc12. The number of aromatic amines is 1. The van der Waals surface area contributed by atoms with Gasteiger partial charge in [-0.3, -0.25) is 4.79 Å². The van der Waals surface area contributed by atoms with Gasteiger partial charge in [0.15, 0.2) is 6.10 Å². The van der Waals surface area contributed by atoms with Gasteiger partial charge < -0.3 is 19.6 Å². The number of hydrogen-bond donors (Lipinski definition) is 2. The normalized spacial score (nSPS) is 17.0. The Labute approximate surface area is 193 Å². The van der Waals surface area contributed by atoms with Crippen LogP contribution >= 0.6 is 0 Å². The molecular formula is C27H29NO5. The molecule has 4 rings (SSSR count). The fourth-order valence-electron chi connectivity index (χ4n) is 4.54. The van der Waals surface area contributed by atoms with E-state index in [0.29, 0.717) is 12.8 Å². The third-order valence-electron chi connectivity index (χ3n) is 5.95. The Balaban J connectivity index is 1.88.